The highest BCUT2D eigenvalue weighted by Gasteiger charge is 2.17. The lowest BCUT2D eigenvalue weighted by Gasteiger charge is -2.09. The Morgan fingerprint density at radius 1 is 1.00 bits per heavy atom. The Bertz CT molecular complexity index is 619. The van der Waals surface area contributed by atoms with E-state index in [2.05, 4.69) is 0 Å². The van der Waals surface area contributed by atoms with E-state index in [0.717, 1.165) is 0 Å². The summed E-state index contributed by atoms with van der Waals surface area (Å²) >= 11 is 0. The number of phenols is 1. The van der Waals surface area contributed by atoms with Crippen molar-refractivity contribution < 1.29 is 14.7 Å². The second kappa shape index (κ2) is 5.06. The molecular weight excluding hydrogens is 240 g/mol. The number of Topliss-reactive ketones (excluding diaryl/α,β-unsaturated/α-hetero) is 1. The third-order valence-electron chi connectivity index (χ3n) is 2.98. The van der Waals surface area contributed by atoms with Gasteiger partial charge in [-0.2, -0.15) is 0 Å². The van der Waals surface area contributed by atoms with Crippen molar-refractivity contribution in [2.45, 2.75) is 13.8 Å². The van der Waals surface area contributed by atoms with Gasteiger partial charge in [-0.3, -0.25) is 9.59 Å². The lowest BCUT2D eigenvalue weighted by atomic mass is 9.95. The van der Waals surface area contributed by atoms with E-state index in [1.54, 1.807) is 37.3 Å². The van der Waals surface area contributed by atoms with E-state index in [1.807, 2.05) is 6.07 Å². The van der Waals surface area contributed by atoms with Crippen LogP contribution in [0, 0.1) is 6.92 Å². The normalized spacial score (nSPS) is 10.2. The molecule has 0 aromatic heterocycles. The van der Waals surface area contributed by atoms with E-state index >= 15 is 0 Å². The molecule has 0 spiro atoms. The summed E-state index contributed by atoms with van der Waals surface area (Å²) in [5.74, 6) is -0.540. The molecule has 0 saturated heterocycles. The zero-order chi connectivity index (χ0) is 14.0. The predicted octanol–water partition coefficient (Wildman–Crippen LogP) is 3.13. The quantitative estimate of drug-likeness (QED) is 0.856. The van der Waals surface area contributed by atoms with Gasteiger partial charge in [0.25, 0.3) is 0 Å². The highest BCUT2D eigenvalue weighted by Crippen LogP contribution is 2.26. The maximum Gasteiger partial charge on any atom is 0.197 e. The first kappa shape index (κ1) is 13.0. The van der Waals surface area contributed by atoms with Crippen LogP contribution in [-0.4, -0.2) is 16.7 Å². The molecule has 2 aromatic carbocycles. The van der Waals surface area contributed by atoms with Gasteiger partial charge < -0.3 is 5.11 Å². The second-order valence-corrected chi connectivity index (χ2v) is 4.44. The Hall–Kier alpha value is -2.42. The lowest BCUT2D eigenvalue weighted by Crippen LogP contribution is -2.06. The Morgan fingerprint density at radius 3 is 2.16 bits per heavy atom. The lowest BCUT2D eigenvalue weighted by molar-refractivity contribution is 0.101. The number of ketones is 2. The van der Waals surface area contributed by atoms with Gasteiger partial charge in [0, 0.05) is 11.1 Å². The molecule has 0 radical (unpaired) electrons. The van der Waals surface area contributed by atoms with Gasteiger partial charge in [-0.25, -0.2) is 0 Å². The van der Waals surface area contributed by atoms with E-state index < -0.39 is 0 Å². The molecule has 1 N–H and O–H groups in total. The molecule has 0 aliphatic heterocycles. The SMILES string of the molecule is CC(=O)c1cc(C)c(C(=O)c2ccccc2)c(O)c1. The first-order chi connectivity index (χ1) is 9.00. The van der Waals surface area contributed by atoms with Gasteiger partial charge in [0.2, 0.25) is 0 Å². The molecule has 3 heteroatoms. The van der Waals surface area contributed by atoms with Crippen molar-refractivity contribution in [2.75, 3.05) is 0 Å². The molecule has 0 bridgehead atoms. The minimum Gasteiger partial charge on any atom is -0.507 e. The maximum absolute atomic E-state index is 12.3. The molecule has 2 aromatic rings. The van der Waals surface area contributed by atoms with Crippen LogP contribution < -0.4 is 0 Å². The Balaban J connectivity index is 2.52. The van der Waals surface area contributed by atoms with E-state index in [0.29, 0.717) is 16.7 Å². The number of rotatable bonds is 3. The monoisotopic (exact) mass is 254 g/mol. The van der Waals surface area contributed by atoms with Crippen molar-refractivity contribution in [3.8, 4) is 5.75 Å². The van der Waals surface area contributed by atoms with Crippen LogP contribution in [0.4, 0.5) is 0 Å². The number of benzene rings is 2. The largest absolute Gasteiger partial charge is 0.507 e. The summed E-state index contributed by atoms with van der Waals surface area (Å²) in [6.07, 6.45) is 0. The first-order valence-electron chi connectivity index (χ1n) is 5.95. The molecule has 96 valence electrons. The standard InChI is InChI=1S/C16H14O3/c1-10-8-13(11(2)17)9-14(18)15(10)16(19)12-6-4-3-5-7-12/h3-9,18H,1-2H3. The minimum atomic E-state index is -0.245. The van der Waals surface area contributed by atoms with Crippen LogP contribution in [0.3, 0.4) is 0 Å². The van der Waals surface area contributed by atoms with E-state index in [4.69, 9.17) is 0 Å². The number of aromatic hydroxyl groups is 1. The van der Waals surface area contributed by atoms with Crippen LogP contribution in [0.15, 0.2) is 42.5 Å². The van der Waals surface area contributed by atoms with E-state index in [9.17, 15) is 14.7 Å². The fourth-order valence-corrected chi connectivity index (χ4v) is 2.00. The van der Waals surface area contributed by atoms with Gasteiger partial charge in [-0.05, 0) is 31.5 Å². The number of aryl methyl sites for hydroxylation is 1. The molecule has 0 amide bonds. The summed E-state index contributed by atoms with van der Waals surface area (Å²) < 4.78 is 0. The van der Waals surface area contributed by atoms with Crippen molar-refractivity contribution in [1.82, 2.24) is 0 Å². The van der Waals surface area contributed by atoms with E-state index in [1.165, 1.54) is 13.0 Å². The van der Waals surface area contributed by atoms with Crippen molar-refractivity contribution in [3.05, 3.63) is 64.7 Å². The van der Waals surface area contributed by atoms with Crippen molar-refractivity contribution in [3.63, 3.8) is 0 Å². The summed E-state index contributed by atoms with van der Waals surface area (Å²) in [7, 11) is 0. The predicted molar refractivity (Wildman–Crippen MR) is 72.7 cm³/mol. The first-order valence-corrected chi connectivity index (χ1v) is 5.95. The molecule has 0 aliphatic carbocycles. The number of phenolic OH excluding ortho intramolecular Hbond substituents is 1. The molecule has 0 aliphatic rings. The van der Waals surface area contributed by atoms with E-state index in [-0.39, 0.29) is 22.9 Å². The molecule has 0 fully saturated rings. The Kier molecular flexibility index (Phi) is 3.47. The molecule has 2 rings (SSSR count). The topological polar surface area (TPSA) is 54.4 Å². The molecule has 0 unspecified atom stereocenters. The van der Waals surface area contributed by atoms with Crippen LogP contribution in [-0.2, 0) is 0 Å². The fourth-order valence-electron chi connectivity index (χ4n) is 2.00. The average molecular weight is 254 g/mol. The zero-order valence-corrected chi connectivity index (χ0v) is 10.8. The average Bonchev–Trinajstić information content (AvgIpc) is 2.38. The smallest absolute Gasteiger partial charge is 0.197 e. The fraction of sp³-hybridized carbons (Fsp3) is 0.125. The highest BCUT2D eigenvalue weighted by atomic mass is 16.3. The van der Waals surface area contributed by atoms with Crippen LogP contribution in [0.2, 0.25) is 0 Å². The third kappa shape index (κ3) is 2.55. The van der Waals surface area contributed by atoms with Crippen molar-refractivity contribution in [1.29, 1.82) is 0 Å². The van der Waals surface area contributed by atoms with Crippen LogP contribution >= 0.6 is 0 Å². The van der Waals surface area contributed by atoms with Gasteiger partial charge in [0.15, 0.2) is 11.6 Å². The molecule has 0 saturated carbocycles. The van der Waals surface area contributed by atoms with Crippen LogP contribution in [0.1, 0.15) is 38.8 Å². The third-order valence-corrected chi connectivity index (χ3v) is 2.98. The summed E-state index contributed by atoms with van der Waals surface area (Å²) in [6, 6.07) is 11.7. The van der Waals surface area contributed by atoms with Crippen LogP contribution in [0.5, 0.6) is 5.75 Å². The minimum absolute atomic E-state index is 0.142. The number of hydrogen-bond acceptors (Lipinski definition) is 3. The summed E-state index contributed by atoms with van der Waals surface area (Å²) in [5.41, 5.74) is 1.76. The van der Waals surface area contributed by atoms with Crippen molar-refractivity contribution >= 4 is 11.6 Å². The van der Waals surface area contributed by atoms with Gasteiger partial charge in [-0.15, -0.1) is 0 Å². The number of carbonyl (C=O) groups excluding carboxylic acids is 2. The molecule has 19 heavy (non-hydrogen) atoms. The molecular formula is C16H14O3. The summed E-state index contributed by atoms with van der Waals surface area (Å²) in [5, 5.41) is 9.98. The van der Waals surface area contributed by atoms with Gasteiger partial charge in [0.05, 0.1) is 5.56 Å². The number of carbonyl (C=O) groups is 2. The highest BCUT2D eigenvalue weighted by molar-refractivity contribution is 6.12. The Morgan fingerprint density at radius 2 is 1.63 bits per heavy atom. The second-order valence-electron chi connectivity index (χ2n) is 4.44. The van der Waals surface area contributed by atoms with Gasteiger partial charge >= 0.3 is 0 Å². The van der Waals surface area contributed by atoms with Crippen LogP contribution in [0.25, 0.3) is 0 Å². The molecule has 3 nitrogen and oxygen atoms in total. The zero-order valence-electron chi connectivity index (χ0n) is 10.8. The Labute approximate surface area is 111 Å². The summed E-state index contributed by atoms with van der Waals surface area (Å²) in [4.78, 5) is 23.6. The maximum atomic E-state index is 12.3. The van der Waals surface area contributed by atoms with Gasteiger partial charge in [0.1, 0.15) is 5.75 Å². The van der Waals surface area contributed by atoms with Crippen molar-refractivity contribution in [2.24, 2.45) is 0 Å². The summed E-state index contributed by atoms with van der Waals surface area (Å²) in [6.45, 7) is 3.13. The van der Waals surface area contributed by atoms with Gasteiger partial charge in [-0.1, -0.05) is 30.3 Å². The molecule has 0 atom stereocenters. The number of hydrogen-bond donors (Lipinski definition) is 1. The molecule has 0 heterocycles.